The number of nitrogen functional groups attached to an aromatic ring is 1. The molecule has 0 radical (unpaired) electrons. The molecule has 2 aromatic carbocycles. The van der Waals surface area contributed by atoms with Crippen molar-refractivity contribution in [2.75, 3.05) is 18.9 Å². The molecule has 5 nitrogen and oxygen atoms in total. The Morgan fingerprint density at radius 3 is 2.40 bits per heavy atom. The van der Waals surface area contributed by atoms with Gasteiger partial charge in [0.1, 0.15) is 24.7 Å². The lowest BCUT2D eigenvalue weighted by molar-refractivity contribution is 0.1000. The van der Waals surface area contributed by atoms with E-state index >= 15 is 0 Å². The monoisotopic (exact) mass is 272 g/mol. The molecule has 2 rings (SSSR count). The Labute approximate surface area is 117 Å². The molecule has 0 saturated carbocycles. The van der Waals surface area contributed by atoms with Crippen LogP contribution in [0.1, 0.15) is 10.4 Å². The molecule has 2 aromatic rings. The molecule has 0 aliphatic heterocycles. The van der Waals surface area contributed by atoms with E-state index in [9.17, 15) is 4.79 Å². The van der Waals surface area contributed by atoms with Crippen LogP contribution in [0.4, 0.5) is 5.69 Å². The van der Waals surface area contributed by atoms with E-state index in [-0.39, 0.29) is 0 Å². The summed E-state index contributed by atoms with van der Waals surface area (Å²) < 4.78 is 11.0. The van der Waals surface area contributed by atoms with E-state index in [2.05, 4.69) is 0 Å². The van der Waals surface area contributed by atoms with Crippen molar-refractivity contribution in [1.82, 2.24) is 0 Å². The Morgan fingerprint density at radius 1 is 1.00 bits per heavy atom. The van der Waals surface area contributed by atoms with E-state index in [1.165, 1.54) is 6.07 Å². The summed E-state index contributed by atoms with van der Waals surface area (Å²) in [5.74, 6) is 0.684. The fraction of sp³-hybridized carbons (Fsp3) is 0.133. The van der Waals surface area contributed by atoms with Gasteiger partial charge in [-0.25, -0.2) is 0 Å². The molecule has 0 atom stereocenters. The van der Waals surface area contributed by atoms with Gasteiger partial charge in [-0.05, 0) is 30.3 Å². The average molecular weight is 272 g/mol. The van der Waals surface area contributed by atoms with E-state index in [1.807, 2.05) is 30.3 Å². The van der Waals surface area contributed by atoms with Crippen molar-refractivity contribution in [1.29, 1.82) is 0 Å². The number of hydrogen-bond acceptors (Lipinski definition) is 4. The fourth-order valence-corrected chi connectivity index (χ4v) is 1.64. The van der Waals surface area contributed by atoms with Crippen LogP contribution in [-0.4, -0.2) is 19.1 Å². The van der Waals surface area contributed by atoms with Crippen LogP contribution in [0.2, 0.25) is 0 Å². The lowest BCUT2D eigenvalue weighted by Gasteiger charge is -2.10. The van der Waals surface area contributed by atoms with Crippen LogP contribution in [-0.2, 0) is 0 Å². The SMILES string of the molecule is NC(=O)c1ccc(N)c(OCCOc2ccccc2)c1. The second kappa shape index (κ2) is 6.47. The molecular weight excluding hydrogens is 256 g/mol. The predicted octanol–water partition coefficient (Wildman–Crippen LogP) is 1.83. The van der Waals surface area contributed by atoms with Crippen molar-refractivity contribution in [3.63, 3.8) is 0 Å². The minimum absolute atomic E-state index is 0.321. The first-order valence-corrected chi connectivity index (χ1v) is 6.17. The quantitative estimate of drug-likeness (QED) is 0.620. The van der Waals surface area contributed by atoms with Crippen LogP contribution in [0.3, 0.4) is 0 Å². The molecule has 20 heavy (non-hydrogen) atoms. The van der Waals surface area contributed by atoms with Gasteiger partial charge in [-0.15, -0.1) is 0 Å². The lowest BCUT2D eigenvalue weighted by atomic mass is 10.2. The highest BCUT2D eigenvalue weighted by atomic mass is 16.5. The van der Waals surface area contributed by atoms with Gasteiger partial charge in [0.25, 0.3) is 0 Å². The summed E-state index contributed by atoms with van der Waals surface area (Å²) in [4.78, 5) is 11.1. The van der Waals surface area contributed by atoms with Crippen LogP contribution in [0.5, 0.6) is 11.5 Å². The van der Waals surface area contributed by atoms with Crippen molar-refractivity contribution < 1.29 is 14.3 Å². The molecule has 4 N–H and O–H groups in total. The molecule has 104 valence electrons. The summed E-state index contributed by atoms with van der Waals surface area (Å²) in [5.41, 5.74) is 11.8. The van der Waals surface area contributed by atoms with Crippen molar-refractivity contribution in [3.8, 4) is 11.5 Å². The summed E-state index contributed by atoms with van der Waals surface area (Å²) in [6.07, 6.45) is 0. The Kier molecular flexibility index (Phi) is 4.44. The average Bonchev–Trinajstić information content (AvgIpc) is 2.46. The Balaban J connectivity index is 1.88. The Bertz CT molecular complexity index is 585. The van der Waals surface area contributed by atoms with Gasteiger partial charge in [0.2, 0.25) is 5.91 Å². The molecule has 0 aliphatic rings. The summed E-state index contributed by atoms with van der Waals surface area (Å²) in [7, 11) is 0. The van der Waals surface area contributed by atoms with E-state index < -0.39 is 5.91 Å². The standard InChI is InChI=1S/C15H16N2O3/c16-13-7-6-11(15(17)18)10-14(13)20-9-8-19-12-4-2-1-3-5-12/h1-7,10H,8-9,16H2,(H2,17,18). The van der Waals surface area contributed by atoms with Gasteiger partial charge < -0.3 is 20.9 Å². The zero-order valence-corrected chi connectivity index (χ0v) is 10.9. The van der Waals surface area contributed by atoms with Gasteiger partial charge >= 0.3 is 0 Å². The molecule has 0 aromatic heterocycles. The molecule has 0 bridgehead atoms. The second-order valence-corrected chi connectivity index (χ2v) is 4.13. The maximum Gasteiger partial charge on any atom is 0.248 e. The number of amides is 1. The van der Waals surface area contributed by atoms with E-state index in [0.717, 1.165) is 5.75 Å². The molecule has 0 saturated heterocycles. The molecular formula is C15H16N2O3. The summed E-state index contributed by atoms with van der Waals surface area (Å²) in [6, 6.07) is 14.1. The molecule has 0 unspecified atom stereocenters. The Morgan fingerprint density at radius 2 is 1.70 bits per heavy atom. The molecule has 1 amide bonds. The number of rotatable bonds is 6. The minimum atomic E-state index is -0.518. The summed E-state index contributed by atoms with van der Waals surface area (Å²) in [6.45, 7) is 0.700. The van der Waals surface area contributed by atoms with E-state index in [1.54, 1.807) is 12.1 Å². The van der Waals surface area contributed by atoms with Gasteiger partial charge in [-0.1, -0.05) is 18.2 Å². The maximum absolute atomic E-state index is 11.1. The maximum atomic E-state index is 11.1. The lowest BCUT2D eigenvalue weighted by Crippen LogP contribution is -2.13. The largest absolute Gasteiger partial charge is 0.490 e. The van der Waals surface area contributed by atoms with Gasteiger partial charge in [0, 0.05) is 5.56 Å². The zero-order chi connectivity index (χ0) is 14.4. The first kappa shape index (κ1) is 13.7. The van der Waals surface area contributed by atoms with Crippen molar-refractivity contribution in [3.05, 3.63) is 54.1 Å². The van der Waals surface area contributed by atoms with E-state index in [0.29, 0.717) is 30.2 Å². The smallest absolute Gasteiger partial charge is 0.248 e. The number of carbonyl (C=O) groups excluding carboxylic acids is 1. The van der Waals surface area contributed by atoms with Gasteiger partial charge in [0.15, 0.2) is 0 Å². The third-order valence-corrected chi connectivity index (χ3v) is 2.65. The number of anilines is 1. The highest BCUT2D eigenvalue weighted by molar-refractivity contribution is 5.93. The second-order valence-electron chi connectivity index (χ2n) is 4.13. The highest BCUT2D eigenvalue weighted by Crippen LogP contribution is 2.22. The van der Waals surface area contributed by atoms with Crippen LogP contribution >= 0.6 is 0 Å². The van der Waals surface area contributed by atoms with Crippen LogP contribution in [0.15, 0.2) is 48.5 Å². The van der Waals surface area contributed by atoms with Crippen molar-refractivity contribution >= 4 is 11.6 Å². The number of para-hydroxylation sites is 1. The van der Waals surface area contributed by atoms with Crippen LogP contribution in [0, 0.1) is 0 Å². The number of carbonyl (C=O) groups is 1. The van der Waals surface area contributed by atoms with Gasteiger partial charge in [-0.2, -0.15) is 0 Å². The molecule has 0 fully saturated rings. The number of hydrogen-bond donors (Lipinski definition) is 2. The molecule has 0 heterocycles. The first-order chi connectivity index (χ1) is 9.66. The number of ether oxygens (including phenoxy) is 2. The molecule has 5 heteroatoms. The topological polar surface area (TPSA) is 87.6 Å². The normalized spacial score (nSPS) is 10.0. The third kappa shape index (κ3) is 3.65. The Hall–Kier alpha value is -2.69. The van der Waals surface area contributed by atoms with E-state index in [4.69, 9.17) is 20.9 Å². The fourth-order valence-electron chi connectivity index (χ4n) is 1.64. The number of benzene rings is 2. The van der Waals surface area contributed by atoms with Crippen LogP contribution in [0.25, 0.3) is 0 Å². The molecule has 0 spiro atoms. The summed E-state index contributed by atoms with van der Waals surface area (Å²) >= 11 is 0. The van der Waals surface area contributed by atoms with Gasteiger partial charge in [-0.3, -0.25) is 4.79 Å². The number of primary amides is 1. The predicted molar refractivity (Wildman–Crippen MR) is 76.8 cm³/mol. The number of nitrogens with two attached hydrogens (primary N) is 2. The third-order valence-electron chi connectivity index (χ3n) is 2.65. The van der Waals surface area contributed by atoms with Gasteiger partial charge in [0.05, 0.1) is 5.69 Å². The molecule has 0 aliphatic carbocycles. The van der Waals surface area contributed by atoms with Crippen LogP contribution < -0.4 is 20.9 Å². The van der Waals surface area contributed by atoms with Crippen molar-refractivity contribution in [2.45, 2.75) is 0 Å². The first-order valence-electron chi connectivity index (χ1n) is 6.17. The minimum Gasteiger partial charge on any atom is -0.490 e. The highest BCUT2D eigenvalue weighted by Gasteiger charge is 2.06. The zero-order valence-electron chi connectivity index (χ0n) is 10.9. The summed E-state index contributed by atoms with van der Waals surface area (Å²) in [5, 5.41) is 0. The van der Waals surface area contributed by atoms with Crippen molar-refractivity contribution in [2.24, 2.45) is 5.73 Å².